The van der Waals surface area contributed by atoms with Crippen molar-refractivity contribution < 1.29 is 4.79 Å². The lowest BCUT2D eigenvalue weighted by atomic mass is 10.2. The SMILES string of the molecule is CNc1nc(N)c(C(=O)NCCc2cnn(C)c2)s1. The Bertz CT molecular complexity index is 576. The van der Waals surface area contributed by atoms with Crippen LogP contribution in [0.15, 0.2) is 12.4 Å². The number of nitrogens with one attached hydrogen (secondary N) is 2. The lowest BCUT2D eigenvalue weighted by molar-refractivity contribution is 0.0959. The van der Waals surface area contributed by atoms with Crippen LogP contribution in [0.5, 0.6) is 0 Å². The first kappa shape index (κ1) is 13.3. The molecule has 2 heterocycles. The van der Waals surface area contributed by atoms with E-state index >= 15 is 0 Å². The van der Waals surface area contributed by atoms with E-state index < -0.39 is 0 Å². The van der Waals surface area contributed by atoms with Crippen molar-refractivity contribution in [2.75, 3.05) is 24.6 Å². The summed E-state index contributed by atoms with van der Waals surface area (Å²) >= 11 is 1.24. The number of carbonyl (C=O) groups is 1. The van der Waals surface area contributed by atoms with E-state index in [0.717, 1.165) is 12.0 Å². The molecule has 2 aromatic rings. The van der Waals surface area contributed by atoms with Gasteiger partial charge in [-0.15, -0.1) is 0 Å². The predicted molar refractivity (Wildman–Crippen MR) is 75.3 cm³/mol. The summed E-state index contributed by atoms with van der Waals surface area (Å²) in [4.78, 5) is 16.4. The molecule has 0 saturated carbocycles. The molecular formula is C11H16N6OS. The number of aryl methyl sites for hydroxylation is 1. The maximum Gasteiger partial charge on any atom is 0.265 e. The molecule has 0 aliphatic carbocycles. The standard InChI is InChI=1S/C11H16N6OS/c1-13-11-16-9(12)8(19-11)10(18)14-4-3-7-5-15-17(2)6-7/h5-6H,3-4,12H2,1-2H3,(H,13,16)(H,14,18). The summed E-state index contributed by atoms with van der Waals surface area (Å²) < 4.78 is 1.73. The number of carbonyl (C=O) groups excluding carboxylic acids is 1. The molecule has 0 aliphatic heterocycles. The molecule has 0 aliphatic rings. The normalized spacial score (nSPS) is 10.4. The van der Waals surface area contributed by atoms with E-state index in [-0.39, 0.29) is 11.7 Å². The lowest BCUT2D eigenvalue weighted by Crippen LogP contribution is -2.25. The molecule has 1 amide bonds. The minimum Gasteiger partial charge on any atom is -0.382 e. The van der Waals surface area contributed by atoms with Crippen LogP contribution in [-0.2, 0) is 13.5 Å². The van der Waals surface area contributed by atoms with E-state index in [2.05, 4.69) is 20.7 Å². The second kappa shape index (κ2) is 5.70. The van der Waals surface area contributed by atoms with E-state index in [0.29, 0.717) is 16.6 Å². The summed E-state index contributed by atoms with van der Waals surface area (Å²) in [7, 11) is 3.60. The van der Waals surface area contributed by atoms with Gasteiger partial charge in [0.05, 0.1) is 6.20 Å². The van der Waals surface area contributed by atoms with Crippen LogP contribution >= 0.6 is 11.3 Å². The molecule has 0 radical (unpaired) electrons. The number of hydrogen-bond donors (Lipinski definition) is 3. The van der Waals surface area contributed by atoms with Crippen LogP contribution in [0.4, 0.5) is 10.9 Å². The van der Waals surface area contributed by atoms with Crippen molar-refractivity contribution in [3.63, 3.8) is 0 Å². The smallest absolute Gasteiger partial charge is 0.265 e. The van der Waals surface area contributed by atoms with E-state index in [1.807, 2.05) is 13.2 Å². The van der Waals surface area contributed by atoms with E-state index in [9.17, 15) is 4.79 Å². The molecule has 0 unspecified atom stereocenters. The molecule has 8 heteroatoms. The maximum absolute atomic E-state index is 11.9. The molecule has 0 aromatic carbocycles. The third kappa shape index (κ3) is 3.22. The third-order valence-electron chi connectivity index (χ3n) is 2.53. The fourth-order valence-electron chi connectivity index (χ4n) is 1.60. The molecular weight excluding hydrogens is 264 g/mol. The number of anilines is 2. The number of aromatic nitrogens is 3. The summed E-state index contributed by atoms with van der Waals surface area (Å²) in [6, 6.07) is 0. The largest absolute Gasteiger partial charge is 0.382 e. The molecule has 0 bridgehead atoms. The molecule has 7 nitrogen and oxygen atoms in total. The highest BCUT2D eigenvalue weighted by molar-refractivity contribution is 7.18. The quantitative estimate of drug-likeness (QED) is 0.739. The maximum atomic E-state index is 11.9. The number of nitrogens with two attached hydrogens (primary N) is 1. The van der Waals surface area contributed by atoms with Gasteiger partial charge >= 0.3 is 0 Å². The first-order valence-corrected chi connectivity index (χ1v) is 6.61. The number of nitrogen functional groups attached to an aromatic ring is 1. The minimum absolute atomic E-state index is 0.194. The van der Waals surface area contributed by atoms with Crippen LogP contribution in [0.3, 0.4) is 0 Å². The molecule has 102 valence electrons. The highest BCUT2D eigenvalue weighted by Crippen LogP contribution is 2.24. The Kier molecular flexibility index (Phi) is 4.00. The summed E-state index contributed by atoms with van der Waals surface area (Å²) in [6.07, 6.45) is 4.44. The van der Waals surface area contributed by atoms with Crippen LogP contribution in [0, 0.1) is 0 Å². The molecule has 4 N–H and O–H groups in total. The molecule has 0 saturated heterocycles. The average molecular weight is 280 g/mol. The van der Waals surface area contributed by atoms with Crippen molar-refractivity contribution in [2.45, 2.75) is 6.42 Å². The zero-order valence-corrected chi connectivity index (χ0v) is 11.6. The van der Waals surface area contributed by atoms with Crippen LogP contribution < -0.4 is 16.4 Å². The number of nitrogens with zero attached hydrogens (tertiary/aromatic N) is 3. The number of hydrogen-bond acceptors (Lipinski definition) is 6. The topological polar surface area (TPSA) is 97.9 Å². The van der Waals surface area contributed by atoms with Gasteiger partial charge in [-0.2, -0.15) is 5.10 Å². The van der Waals surface area contributed by atoms with E-state index in [1.165, 1.54) is 11.3 Å². The Morgan fingerprint density at radius 3 is 2.95 bits per heavy atom. The van der Waals surface area contributed by atoms with Gasteiger partial charge in [0.2, 0.25) is 0 Å². The van der Waals surface area contributed by atoms with Gasteiger partial charge in [-0.25, -0.2) is 4.98 Å². The summed E-state index contributed by atoms with van der Waals surface area (Å²) in [5.41, 5.74) is 6.77. The molecule has 0 spiro atoms. The second-order valence-electron chi connectivity index (χ2n) is 4.01. The van der Waals surface area contributed by atoms with Gasteiger partial charge < -0.3 is 16.4 Å². The monoisotopic (exact) mass is 280 g/mol. The summed E-state index contributed by atoms with van der Waals surface area (Å²) in [5.74, 6) is 0.0635. The molecule has 2 aromatic heterocycles. The van der Waals surface area contributed by atoms with Crippen LogP contribution in [-0.4, -0.2) is 34.3 Å². The Balaban J connectivity index is 1.88. The van der Waals surface area contributed by atoms with Crippen molar-refractivity contribution in [1.82, 2.24) is 20.1 Å². The first-order chi connectivity index (χ1) is 9.10. The van der Waals surface area contributed by atoms with Gasteiger partial charge in [0, 0.05) is 26.8 Å². The fraction of sp³-hybridized carbons (Fsp3) is 0.364. The predicted octanol–water partition coefficient (Wildman–Crippen LogP) is 0.473. The van der Waals surface area contributed by atoms with Gasteiger partial charge in [-0.1, -0.05) is 11.3 Å². The van der Waals surface area contributed by atoms with E-state index in [1.54, 1.807) is 17.9 Å². The zero-order valence-electron chi connectivity index (χ0n) is 10.8. The van der Waals surface area contributed by atoms with Gasteiger partial charge in [0.25, 0.3) is 5.91 Å². The van der Waals surface area contributed by atoms with Gasteiger partial charge in [0.15, 0.2) is 5.13 Å². The third-order valence-corrected chi connectivity index (χ3v) is 3.62. The van der Waals surface area contributed by atoms with Gasteiger partial charge in [0.1, 0.15) is 10.7 Å². The Hall–Kier alpha value is -2.09. The summed E-state index contributed by atoms with van der Waals surface area (Å²) in [6.45, 7) is 0.538. The fourth-order valence-corrected chi connectivity index (χ4v) is 2.36. The molecule has 0 fully saturated rings. The van der Waals surface area contributed by atoms with Crippen LogP contribution in [0.2, 0.25) is 0 Å². The van der Waals surface area contributed by atoms with Crippen molar-refractivity contribution in [3.05, 3.63) is 22.8 Å². The molecule has 19 heavy (non-hydrogen) atoms. The Morgan fingerprint density at radius 2 is 2.37 bits per heavy atom. The molecule has 0 atom stereocenters. The van der Waals surface area contributed by atoms with Gasteiger partial charge in [-0.05, 0) is 12.0 Å². The second-order valence-corrected chi connectivity index (χ2v) is 5.01. The van der Waals surface area contributed by atoms with E-state index in [4.69, 9.17) is 5.73 Å². The molecule has 2 rings (SSSR count). The highest BCUT2D eigenvalue weighted by atomic mass is 32.1. The zero-order chi connectivity index (χ0) is 13.8. The van der Waals surface area contributed by atoms with Crippen LogP contribution in [0.1, 0.15) is 15.2 Å². The van der Waals surface area contributed by atoms with Crippen LogP contribution in [0.25, 0.3) is 0 Å². The minimum atomic E-state index is -0.194. The Labute approximate surface area is 114 Å². The van der Waals surface area contributed by atoms with Crippen molar-refractivity contribution in [2.24, 2.45) is 7.05 Å². The average Bonchev–Trinajstić information content (AvgIpc) is 2.95. The number of amides is 1. The number of rotatable bonds is 5. The van der Waals surface area contributed by atoms with Crippen molar-refractivity contribution >= 4 is 28.2 Å². The van der Waals surface area contributed by atoms with Gasteiger partial charge in [-0.3, -0.25) is 9.48 Å². The lowest BCUT2D eigenvalue weighted by Gasteiger charge is -2.02. The summed E-state index contributed by atoms with van der Waals surface area (Å²) in [5, 5.41) is 10.4. The van der Waals surface area contributed by atoms with Crippen molar-refractivity contribution in [1.29, 1.82) is 0 Å². The number of thiazole rings is 1. The Morgan fingerprint density at radius 1 is 1.58 bits per heavy atom. The first-order valence-electron chi connectivity index (χ1n) is 5.80. The van der Waals surface area contributed by atoms with Crippen molar-refractivity contribution in [3.8, 4) is 0 Å². The highest BCUT2D eigenvalue weighted by Gasteiger charge is 2.15.